The summed E-state index contributed by atoms with van der Waals surface area (Å²) in [7, 11) is 0. The van der Waals surface area contributed by atoms with Gasteiger partial charge in [0.2, 0.25) is 0 Å². The van der Waals surface area contributed by atoms with Crippen molar-refractivity contribution in [2.75, 3.05) is 13.2 Å². The van der Waals surface area contributed by atoms with Gasteiger partial charge in [0.25, 0.3) is 0 Å². The summed E-state index contributed by atoms with van der Waals surface area (Å²) in [6.45, 7) is 10.1. The van der Waals surface area contributed by atoms with Gasteiger partial charge in [-0.25, -0.2) is 4.79 Å². The number of aromatic nitrogens is 4. The molecule has 2 aromatic heterocycles. The number of Topliss-reactive ketones (excluding diaryl/α,β-unsaturated/α-hetero) is 1. The largest absolute Gasteiger partial charge is 0.466 e. The van der Waals surface area contributed by atoms with E-state index in [9.17, 15) is 19.2 Å². The fourth-order valence-electron chi connectivity index (χ4n) is 3.75. The molecule has 2 aliphatic carbocycles. The van der Waals surface area contributed by atoms with E-state index < -0.39 is 5.97 Å². The van der Waals surface area contributed by atoms with Crippen LogP contribution in [0.15, 0.2) is 12.4 Å². The Morgan fingerprint density at radius 1 is 0.865 bits per heavy atom. The molecule has 0 aromatic carbocycles. The van der Waals surface area contributed by atoms with Gasteiger partial charge in [0.05, 0.1) is 48.9 Å². The second-order valence-electron chi connectivity index (χ2n) is 8.82. The van der Waals surface area contributed by atoms with Crippen molar-refractivity contribution in [3.05, 3.63) is 34.9 Å². The molecule has 0 atom stereocenters. The van der Waals surface area contributed by atoms with Crippen LogP contribution in [0.1, 0.15) is 117 Å². The molecule has 2 saturated carbocycles. The molecule has 0 N–H and O–H groups in total. The summed E-state index contributed by atoms with van der Waals surface area (Å²) in [5, 5.41) is 8.47. The lowest BCUT2D eigenvalue weighted by Gasteiger charge is -2.05. The number of hydrogen-bond donors (Lipinski definition) is 0. The highest BCUT2D eigenvalue weighted by atomic mass is 16.5. The van der Waals surface area contributed by atoms with Gasteiger partial charge in [-0.05, 0) is 52.4 Å². The van der Waals surface area contributed by atoms with Gasteiger partial charge in [-0.2, -0.15) is 10.2 Å². The number of rotatable bonds is 11. The van der Waals surface area contributed by atoms with E-state index in [0.717, 1.165) is 36.1 Å². The first-order valence-electron chi connectivity index (χ1n) is 13.3. The molecule has 4 rings (SSSR count). The minimum Gasteiger partial charge on any atom is -0.466 e. The first-order valence-corrected chi connectivity index (χ1v) is 13.3. The second kappa shape index (κ2) is 15.1. The fourth-order valence-corrected chi connectivity index (χ4v) is 3.75. The van der Waals surface area contributed by atoms with Crippen molar-refractivity contribution < 1.29 is 28.7 Å². The van der Waals surface area contributed by atoms with Crippen molar-refractivity contribution >= 4 is 24.0 Å². The minimum atomic E-state index is -0.422. The molecule has 0 unspecified atom stereocenters. The number of esters is 2. The predicted molar refractivity (Wildman–Crippen MR) is 138 cm³/mol. The lowest BCUT2D eigenvalue weighted by atomic mass is 10.2. The maximum atomic E-state index is 11.6. The van der Waals surface area contributed by atoms with Crippen LogP contribution < -0.4 is 0 Å². The molecule has 0 saturated heterocycles. The summed E-state index contributed by atoms with van der Waals surface area (Å²) in [5.74, 6) is -0.742. The molecule has 0 amide bonds. The Labute approximate surface area is 218 Å². The standard InChI is InChI=1S/C11H16N2O2.C9H12N2O.C7H12O3/c1-3-10-9(11(14)15-4-2)7-12-13(10)8-5-6-8;1-2-9-7(6-12)5-10-11(9)8-3-4-8;1-3-6(8)5-7(9)10-4-2/h7-8H,3-6H2,1-2H3;5-6,8H,2-4H2,1H3;3-5H2,1-2H3. The van der Waals surface area contributed by atoms with Crippen LogP contribution in [0, 0.1) is 0 Å². The van der Waals surface area contributed by atoms with Crippen molar-refractivity contribution in [2.45, 2.75) is 98.1 Å². The van der Waals surface area contributed by atoms with Gasteiger partial charge in [-0.3, -0.25) is 23.7 Å². The van der Waals surface area contributed by atoms with Crippen LogP contribution in [0.3, 0.4) is 0 Å². The van der Waals surface area contributed by atoms with E-state index in [-0.39, 0.29) is 18.2 Å². The third kappa shape index (κ3) is 8.94. The van der Waals surface area contributed by atoms with Crippen LogP contribution in [-0.2, 0) is 31.9 Å². The summed E-state index contributed by atoms with van der Waals surface area (Å²) in [4.78, 5) is 43.4. The monoisotopic (exact) mass is 516 g/mol. The fraction of sp³-hybridized carbons (Fsp3) is 0.630. The molecule has 0 aliphatic heterocycles. The first-order chi connectivity index (χ1) is 17.8. The maximum Gasteiger partial charge on any atom is 0.341 e. The van der Waals surface area contributed by atoms with Gasteiger partial charge < -0.3 is 9.47 Å². The van der Waals surface area contributed by atoms with Crippen molar-refractivity contribution in [1.82, 2.24) is 19.6 Å². The zero-order valence-corrected chi connectivity index (χ0v) is 22.7. The van der Waals surface area contributed by atoms with Crippen LogP contribution in [0.4, 0.5) is 0 Å². The van der Waals surface area contributed by atoms with E-state index in [4.69, 9.17) is 4.74 Å². The number of ketones is 1. The lowest BCUT2D eigenvalue weighted by molar-refractivity contribution is -0.145. The molecule has 2 fully saturated rings. The summed E-state index contributed by atoms with van der Waals surface area (Å²) < 4.78 is 13.5. The Hall–Kier alpha value is -3.30. The normalized spacial score (nSPS) is 14.0. The van der Waals surface area contributed by atoms with E-state index in [2.05, 4.69) is 21.9 Å². The number of ether oxygens (including phenoxy) is 2. The Morgan fingerprint density at radius 2 is 1.41 bits per heavy atom. The molecular weight excluding hydrogens is 476 g/mol. The van der Waals surface area contributed by atoms with Crippen LogP contribution in [0.5, 0.6) is 0 Å². The molecule has 0 spiro atoms. The number of carbonyl (C=O) groups excluding carboxylic acids is 4. The zero-order chi connectivity index (χ0) is 27.4. The average molecular weight is 517 g/mol. The Kier molecular flexibility index (Phi) is 12.2. The molecular formula is C27H40N4O6. The summed E-state index contributed by atoms with van der Waals surface area (Å²) in [6.07, 6.45) is 11.0. The van der Waals surface area contributed by atoms with Crippen molar-refractivity contribution in [3.63, 3.8) is 0 Å². The third-order valence-electron chi connectivity index (χ3n) is 5.95. The molecule has 204 valence electrons. The van der Waals surface area contributed by atoms with Gasteiger partial charge in [-0.15, -0.1) is 0 Å². The highest BCUT2D eigenvalue weighted by molar-refractivity contribution is 5.95. The Bertz CT molecular complexity index is 1050. The van der Waals surface area contributed by atoms with Gasteiger partial charge in [0.15, 0.2) is 6.29 Å². The predicted octanol–water partition coefficient (Wildman–Crippen LogP) is 4.47. The number of nitrogens with zero attached hydrogens (tertiary/aromatic N) is 4. The van der Waals surface area contributed by atoms with Crippen LogP contribution >= 0.6 is 0 Å². The molecule has 2 aromatic rings. The number of aldehydes is 1. The lowest BCUT2D eigenvalue weighted by Crippen LogP contribution is -2.09. The van der Waals surface area contributed by atoms with Crippen molar-refractivity contribution in [1.29, 1.82) is 0 Å². The molecule has 10 heteroatoms. The molecule has 10 nitrogen and oxygen atoms in total. The van der Waals surface area contributed by atoms with Crippen LogP contribution in [0.25, 0.3) is 0 Å². The Balaban J connectivity index is 0.000000200. The summed E-state index contributed by atoms with van der Waals surface area (Å²) in [5.41, 5.74) is 3.49. The van der Waals surface area contributed by atoms with E-state index in [0.29, 0.717) is 37.3 Å². The highest BCUT2D eigenvalue weighted by Gasteiger charge is 2.29. The number of carbonyl (C=O) groups is 4. The molecule has 0 bridgehead atoms. The van der Waals surface area contributed by atoms with Crippen molar-refractivity contribution in [3.8, 4) is 0 Å². The first kappa shape index (κ1) is 29.9. The Morgan fingerprint density at radius 3 is 1.86 bits per heavy atom. The van der Waals surface area contributed by atoms with E-state index in [1.165, 1.54) is 25.7 Å². The van der Waals surface area contributed by atoms with Gasteiger partial charge >= 0.3 is 11.9 Å². The van der Waals surface area contributed by atoms with E-state index >= 15 is 0 Å². The molecule has 0 radical (unpaired) electrons. The van der Waals surface area contributed by atoms with Crippen LogP contribution in [-0.4, -0.2) is 56.8 Å². The summed E-state index contributed by atoms with van der Waals surface area (Å²) in [6, 6.07) is 1.09. The average Bonchev–Trinajstić information content (AvgIpc) is 3.83. The van der Waals surface area contributed by atoms with Gasteiger partial charge in [0.1, 0.15) is 17.8 Å². The SMILES string of the molecule is CCOC(=O)CC(=O)CC.CCOC(=O)c1cnn(C2CC2)c1CC.CCc1c(C=O)cnn1C1CC1. The zero-order valence-electron chi connectivity index (χ0n) is 22.7. The second-order valence-corrected chi connectivity index (χ2v) is 8.82. The van der Waals surface area contributed by atoms with E-state index in [1.807, 2.05) is 23.2 Å². The van der Waals surface area contributed by atoms with Gasteiger partial charge in [0, 0.05) is 12.1 Å². The van der Waals surface area contributed by atoms with E-state index in [1.54, 1.807) is 26.2 Å². The summed E-state index contributed by atoms with van der Waals surface area (Å²) >= 11 is 0. The van der Waals surface area contributed by atoms with Gasteiger partial charge in [-0.1, -0.05) is 20.8 Å². The molecule has 2 aliphatic rings. The molecule has 2 heterocycles. The third-order valence-corrected chi connectivity index (χ3v) is 5.95. The topological polar surface area (TPSA) is 122 Å². The molecule has 37 heavy (non-hydrogen) atoms. The quantitative estimate of drug-likeness (QED) is 0.244. The number of hydrogen-bond acceptors (Lipinski definition) is 8. The smallest absolute Gasteiger partial charge is 0.341 e. The van der Waals surface area contributed by atoms with Crippen molar-refractivity contribution in [2.24, 2.45) is 0 Å². The van der Waals surface area contributed by atoms with Crippen LogP contribution in [0.2, 0.25) is 0 Å². The minimum absolute atomic E-state index is 0.0709. The highest BCUT2D eigenvalue weighted by Crippen LogP contribution is 2.36. The maximum absolute atomic E-state index is 11.6.